The Labute approximate surface area is 127 Å². The van der Waals surface area contributed by atoms with E-state index in [9.17, 15) is 0 Å². The van der Waals surface area contributed by atoms with Crippen molar-refractivity contribution in [1.29, 1.82) is 0 Å². The Morgan fingerprint density at radius 1 is 1.16 bits per heavy atom. The number of aromatic nitrogens is 1. The molecule has 0 aliphatic heterocycles. The third kappa shape index (κ3) is 3.46. The van der Waals surface area contributed by atoms with Crippen LogP contribution in [0.25, 0.3) is 0 Å². The van der Waals surface area contributed by atoms with Crippen molar-refractivity contribution in [3.63, 3.8) is 0 Å². The van der Waals surface area contributed by atoms with Crippen molar-refractivity contribution in [1.82, 2.24) is 4.98 Å². The summed E-state index contributed by atoms with van der Waals surface area (Å²) < 4.78 is 12.4. The molecule has 0 amide bonds. The standard InChI is InChI=1S/C13H11Br2NO3/c1-18-11-5-10(15)12(6-9(11)14)19-13-4-8(7-17)2-3-16-13/h2-6,17H,7H2,1H3. The number of benzene rings is 1. The fourth-order valence-corrected chi connectivity index (χ4v) is 2.35. The predicted octanol–water partition coefficient (Wildman–Crippen LogP) is 3.90. The van der Waals surface area contributed by atoms with Crippen LogP contribution in [-0.4, -0.2) is 17.2 Å². The lowest BCUT2D eigenvalue weighted by Crippen LogP contribution is -1.92. The first-order chi connectivity index (χ1) is 9.13. The molecule has 2 aromatic rings. The van der Waals surface area contributed by atoms with E-state index in [1.54, 1.807) is 37.6 Å². The summed E-state index contributed by atoms with van der Waals surface area (Å²) in [4.78, 5) is 4.10. The molecule has 1 aromatic carbocycles. The molecule has 0 bridgehead atoms. The molecule has 0 unspecified atom stereocenters. The quantitative estimate of drug-likeness (QED) is 0.862. The second kappa shape index (κ2) is 6.36. The molecule has 4 nitrogen and oxygen atoms in total. The van der Waals surface area contributed by atoms with Gasteiger partial charge in [-0.2, -0.15) is 0 Å². The van der Waals surface area contributed by atoms with Gasteiger partial charge in [0, 0.05) is 12.3 Å². The predicted molar refractivity (Wildman–Crippen MR) is 78.6 cm³/mol. The van der Waals surface area contributed by atoms with Crippen molar-refractivity contribution < 1.29 is 14.6 Å². The van der Waals surface area contributed by atoms with Crippen LogP contribution in [0.1, 0.15) is 5.56 Å². The van der Waals surface area contributed by atoms with Crippen molar-refractivity contribution in [2.24, 2.45) is 0 Å². The molecule has 0 radical (unpaired) electrons. The summed E-state index contributed by atoms with van der Waals surface area (Å²) in [5.74, 6) is 1.73. The number of pyridine rings is 1. The molecule has 0 saturated heterocycles. The molecule has 0 fully saturated rings. The molecule has 0 spiro atoms. The highest BCUT2D eigenvalue weighted by Gasteiger charge is 2.10. The monoisotopic (exact) mass is 387 g/mol. The molecule has 0 saturated carbocycles. The van der Waals surface area contributed by atoms with Crippen molar-refractivity contribution in [3.8, 4) is 17.4 Å². The molecule has 0 aliphatic carbocycles. The SMILES string of the molecule is COc1cc(Br)c(Oc2cc(CO)ccn2)cc1Br. The van der Waals surface area contributed by atoms with E-state index in [0.717, 1.165) is 14.5 Å². The molecule has 0 aliphatic rings. The maximum absolute atomic E-state index is 9.08. The summed E-state index contributed by atoms with van der Waals surface area (Å²) in [5.41, 5.74) is 0.744. The van der Waals surface area contributed by atoms with Crippen molar-refractivity contribution in [3.05, 3.63) is 45.0 Å². The van der Waals surface area contributed by atoms with E-state index in [1.165, 1.54) is 0 Å². The van der Waals surface area contributed by atoms with Gasteiger partial charge in [-0.25, -0.2) is 4.98 Å². The van der Waals surface area contributed by atoms with Gasteiger partial charge in [-0.05, 0) is 55.6 Å². The van der Waals surface area contributed by atoms with Gasteiger partial charge >= 0.3 is 0 Å². The van der Waals surface area contributed by atoms with Gasteiger partial charge in [-0.15, -0.1) is 0 Å². The summed E-state index contributed by atoms with van der Waals surface area (Å²) in [7, 11) is 1.60. The number of rotatable bonds is 4. The van der Waals surface area contributed by atoms with Crippen LogP contribution in [0.5, 0.6) is 17.4 Å². The Bertz CT molecular complexity index is 590. The number of ether oxygens (including phenoxy) is 2. The number of nitrogens with zero attached hydrogens (tertiary/aromatic N) is 1. The van der Waals surface area contributed by atoms with Crippen molar-refractivity contribution in [2.75, 3.05) is 7.11 Å². The summed E-state index contributed by atoms with van der Waals surface area (Å²) in [5, 5.41) is 9.08. The Morgan fingerprint density at radius 2 is 1.84 bits per heavy atom. The van der Waals surface area contributed by atoms with Crippen molar-refractivity contribution in [2.45, 2.75) is 6.61 Å². The van der Waals surface area contributed by atoms with Crippen LogP contribution >= 0.6 is 31.9 Å². The maximum Gasteiger partial charge on any atom is 0.219 e. The van der Waals surface area contributed by atoms with Crippen LogP contribution in [0.3, 0.4) is 0 Å². The molecular formula is C13H11Br2NO3. The van der Waals surface area contributed by atoms with Gasteiger partial charge in [0.2, 0.25) is 5.88 Å². The molecule has 0 atom stereocenters. The molecular weight excluding hydrogens is 378 g/mol. The highest BCUT2D eigenvalue weighted by atomic mass is 79.9. The molecule has 1 N–H and O–H groups in total. The van der Waals surface area contributed by atoms with E-state index in [0.29, 0.717) is 17.4 Å². The van der Waals surface area contributed by atoms with Crippen LogP contribution in [0, 0.1) is 0 Å². The van der Waals surface area contributed by atoms with Gasteiger partial charge in [0.15, 0.2) is 0 Å². The molecule has 2 rings (SSSR count). The second-order valence-electron chi connectivity index (χ2n) is 3.68. The highest BCUT2D eigenvalue weighted by molar-refractivity contribution is 9.11. The summed E-state index contributed by atoms with van der Waals surface area (Å²) in [6.07, 6.45) is 1.59. The van der Waals surface area contributed by atoms with E-state index in [2.05, 4.69) is 36.8 Å². The Balaban J connectivity index is 2.30. The van der Waals surface area contributed by atoms with Gasteiger partial charge in [-0.1, -0.05) is 0 Å². The Kier molecular flexibility index (Phi) is 4.79. The minimum atomic E-state index is -0.0492. The second-order valence-corrected chi connectivity index (χ2v) is 5.39. The average molecular weight is 389 g/mol. The third-order valence-electron chi connectivity index (χ3n) is 2.40. The topological polar surface area (TPSA) is 51.6 Å². The lowest BCUT2D eigenvalue weighted by Gasteiger charge is -2.10. The fraction of sp³-hybridized carbons (Fsp3) is 0.154. The summed E-state index contributed by atoms with van der Waals surface area (Å²) in [6.45, 7) is -0.0492. The minimum Gasteiger partial charge on any atom is -0.496 e. The van der Waals surface area contributed by atoms with Crippen LogP contribution in [-0.2, 0) is 6.61 Å². The van der Waals surface area contributed by atoms with Crippen molar-refractivity contribution >= 4 is 31.9 Å². The van der Waals surface area contributed by atoms with Gasteiger partial charge in [0.1, 0.15) is 11.5 Å². The third-order valence-corrected chi connectivity index (χ3v) is 3.64. The molecule has 1 aromatic heterocycles. The summed E-state index contributed by atoms with van der Waals surface area (Å²) >= 11 is 6.81. The van der Waals surface area contributed by atoms with E-state index >= 15 is 0 Å². The largest absolute Gasteiger partial charge is 0.496 e. The highest BCUT2D eigenvalue weighted by Crippen LogP contribution is 2.37. The van der Waals surface area contributed by atoms with Gasteiger partial charge in [-0.3, -0.25) is 0 Å². The first kappa shape index (κ1) is 14.3. The lowest BCUT2D eigenvalue weighted by molar-refractivity contribution is 0.281. The molecule has 19 heavy (non-hydrogen) atoms. The fourth-order valence-electron chi connectivity index (χ4n) is 1.46. The van der Waals surface area contributed by atoms with E-state index in [4.69, 9.17) is 14.6 Å². The minimum absolute atomic E-state index is 0.0492. The molecule has 6 heteroatoms. The zero-order valence-electron chi connectivity index (χ0n) is 10.1. The number of halogens is 2. The van der Waals surface area contributed by atoms with Crippen LogP contribution in [0.15, 0.2) is 39.4 Å². The Morgan fingerprint density at radius 3 is 2.53 bits per heavy atom. The maximum atomic E-state index is 9.08. The lowest BCUT2D eigenvalue weighted by atomic mass is 10.3. The molecule has 1 heterocycles. The number of aliphatic hydroxyl groups is 1. The number of aliphatic hydroxyl groups excluding tert-OH is 1. The van der Waals surface area contributed by atoms with Gasteiger partial charge in [0.05, 0.1) is 22.7 Å². The van der Waals surface area contributed by atoms with E-state index < -0.39 is 0 Å². The summed E-state index contributed by atoms with van der Waals surface area (Å²) in [6, 6.07) is 7.00. The zero-order chi connectivity index (χ0) is 13.8. The van der Waals surface area contributed by atoms with Gasteiger partial charge < -0.3 is 14.6 Å². The van der Waals surface area contributed by atoms with E-state index in [1.807, 2.05) is 0 Å². The number of hydrogen-bond donors (Lipinski definition) is 1. The first-order valence-corrected chi connectivity index (χ1v) is 6.99. The van der Waals surface area contributed by atoms with Crippen LogP contribution < -0.4 is 9.47 Å². The number of hydrogen-bond acceptors (Lipinski definition) is 4. The average Bonchev–Trinajstić information content (AvgIpc) is 2.42. The van der Waals surface area contributed by atoms with Crippen LogP contribution in [0.2, 0.25) is 0 Å². The van der Waals surface area contributed by atoms with Gasteiger partial charge in [0.25, 0.3) is 0 Å². The molecule has 100 valence electrons. The number of methoxy groups -OCH3 is 1. The smallest absolute Gasteiger partial charge is 0.219 e. The normalized spacial score (nSPS) is 10.3. The first-order valence-electron chi connectivity index (χ1n) is 5.40. The van der Waals surface area contributed by atoms with Crippen LogP contribution in [0.4, 0.5) is 0 Å². The van der Waals surface area contributed by atoms with E-state index in [-0.39, 0.29) is 6.61 Å². The zero-order valence-corrected chi connectivity index (χ0v) is 13.2. The Hall–Kier alpha value is -1.11.